The number of thiophene rings is 1. The largest absolute Gasteiger partial charge is 0.462 e. The Balaban J connectivity index is 1.58. The van der Waals surface area contributed by atoms with Crippen molar-refractivity contribution in [1.82, 2.24) is 0 Å². The van der Waals surface area contributed by atoms with E-state index in [4.69, 9.17) is 9.47 Å². The lowest BCUT2D eigenvalue weighted by atomic mass is 10.0. The summed E-state index contributed by atoms with van der Waals surface area (Å²) in [7, 11) is 0. The van der Waals surface area contributed by atoms with Gasteiger partial charge in [-0.2, -0.15) is 0 Å². The van der Waals surface area contributed by atoms with Gasteiger partial charge in [0.05, 0.1) is 18.8 Å². The first kappa shape index (κ1) is 20.6. The molecule has 4 rings (SSSR count). The van der Waals surface area contributed by atoms with E-state index in [-0.39, 0.29) is 25.6 Å². The summed E-state index contributed by atoms with van der Waals surface area (Å²) in [5.41, 5.74) is 2.55. The summed E-state index contributed by atoms with van der Waals surface area (Å²) in [5.74, 6) is -0.858. The fourth-order valence-corrected chi connectivity index (χ4v) is 4.34. The molecule has 0 aliphatic carbocycles. The minimum Gasteiger partial charge on any atom is -0.462 e. The topological polar surface area (TPSA) is 84.9 Å². The SMILES string of the molecule is CCOC(=O)c1c(-c2ccccc2)csc1NC(=O)CN1CC(=O)Oc2ccccc21. The van der Waals surface area contributed by atoms with Gasteiger partial charge in [0.25, 0.3) is 0 Å². The fourth-order valence-electron chi connectivity index (χ4n) is 3.37. The van der Waals surface area contributed by atoms with Crippen LogP contribution in [-0.2, 0) is 14.3 Å². The number of rotatable bonds is 6. The summed E-state index contributed by atoms with van der Waals surface area (Å²) in [4.78, 5) is 39.0. The number of hydrogen-bond acceptors (Lipinski definition) is 7. The van der Waals surface area contributed by atoms with Crippen molar-refractivity contribution in [3.8, 4) is 16.9 Å². The highest BCUT2D eigenvalue weighted by Crippen LogP contribution is 2.36. The smallest absolute Gasteiger partial charge is 0.341 e. The summed E-state index contributed by atoms with van der Waals surface area (Å²) in [5, 5.41) is 5.05. The molecule has 0 saturated carbocycles. The summed E-state index contributed by atoms with van der Waals surface area (Å²) in [6.45, 7) is 1.86. The van der Waals surface area contributed by atoms with Crippen molar-refractivity contribution in [3.63, 3.8) is 0 Å². The lowest BCUT2D eigenvalue weighted by molar-refractivity contribution is -0.133. The van der Waals surface area contributed by atoms with E-state index in [9.17, 15) is 14.4 Å². The molecule has 7 nitrogen and oxygen atoms in total. The van der Waals surface area contributed by atoms with Crippen molar-refractivity contribution in [1.29, 1.82) is 0 Å². The molecule has 158 valence electrons. The fraction of sp³-hybridized carbons (Fsp3) is 0.174. The number of anilines is 2. The lowest BCUT2D eigenvalue weighted by Crippen LogP contribution is -2.41. The van der Waals surface area contributed by atoms with Gasteiger partial charge in [-0.1, -0.05) is 42.5 Å². The quantitative estimate of drug-likeness (QED) is 0.465. The average molecular weight is 436 g/mol. The van der Waals surface area contributed by atoms with Crippen molar-refractivity contribution in [3.05, 3.63) is 65.5 Å². The number of carbonyl (C=O) groups excluding carboxylic acids is 3. The van der Waals surface area contributed by atoms with Gasteiger partial charge in [-0.3, -0.25) is 4.79 Å². The zero-order chi connectivity index (χ0) is 21.8. The van der Waals surface area contributed by atoms with E-state index in [0.717, 1.165) is 5.56 Å². The van der Waals surface area contributed by atoms with E-state index < -0.39 is 11.9 Å². The Kier molecular flexibility index (Phi) is 5.99. The van der Waals surface area contributed by atoms with E-state index >= 15 is 0 Å². The molecule has 2 heterocycles. The van der Waals surface area contributed by atoms with Gasteiger partial charge in [-0.15, -0.1) is 11.3 Å². The van der Waals surface area contributed by atoms with Gasteiger partial charge < -0.3 is 19.7 Å². The monoisotopic (exact) mass is 436 g/mol. The first-order valence-corrected chi connectivity index (χ1v) is 10.6. The molecule has 31 heavy (non-hydrogen) atoms. The molecule has 3 aromatic rings. The molecule has 1 aromatic heterocycles. The summed E-state index contributed by atoms with van der Waals surface area (Å²) in [6, 6.07) is 16.5. The van der Waals surface area contributed by atoms with Gasteiger partial charge in [-0.05, 0) is 24.6 Å². The minimum atomic E-state index is -0.496. The van der Waals surface area contributed by atoms with Gasteiger partial charge in [0.15, 0.2) is 5.75 Å². The normalized spacial score (nSPS) is 12.7. The molecule has 0 saturated heterocycles. The summed E-state index contributed by atoms with van der Waals surface area (Å²) >= 11 is 1.26. The molecule has 0 atom stereocenters. The summed E-state index contributed by atoms with van der Waals surface area (Å²) < 4.78 is 10.4. The van der Waals surface area contributed by atoms with Crippen LogP contribution in [0.4, 0.5) is 10.7 Å². The predicted molar refractivity (Wildman–Crippen MR) is 119 cm³/mol. The predicted octanol–water partition coefficient (Wildman–Crippen LogP) is 3.96. The number of benzene rings is 2. The zero-order valence-electron chi connectivity index (χ0n) is 16.8. The number of esters is 2. The van der Waals surface area contributed by atoms with E-state index in [1.165, 1.54) is 11.3 Å². The number of carbonyl (C=O) groups is 3. The third-order valence-corrected chi connectivity index (χ3v) is 5.59. The number of para-hydroxylation sites is 2. The minimum absolute atomic E-state index is 0.0329. The van der Waals surface area contributed by atoms with Crippen molar-refractivity contribution < 1.29 is 23.9 Å². The van der Waals surface area contributed by atoms with E-state index in [1.54, 1.807) is 30.0 Å². The highest BCUT2D eigenvalue weighted by Gasteiger charge is 2.27. The number of nitrogens with one attached hydrogen (secondary N) is 1. The highest BCUT2D eigenvalue weighted by atomic mass is 32.1. The lowest BCUT2D eigenvalue weighted by Gasteiger charge is -2.29. The maximum Gasteiger partial charge on any atom is 0.341 e. The van der Waals surface area contributed by atoms with Crippen LogP contribution in [0.25, 0.3) is 11.1 Å². The highest BCUT2D eigenvalue weighted by molar-refractivity contribution is 7.15. The van der Waals surface area contributed by atoms with Gasteiger partial charge in [0.1, 0.15) is 17.1 Å². The van der Waals surface area contributed by atoms with Crippen LogP contribution < -0.4 is 15.0 Å². The van der Waals surface area contributed by atoms with Gasteiger partial charge in [-0.25, -0.2) is 9.59 Å². The second kappa shape index (κ2) is 9.01. The summed E-state index contributed by atoms with van der Waals surface area (Å²) in [6.07, 6.45) is 0. The van der Waals surface area contributed by atoms with Crippen LogP contribution >= 0.6 is 11.3 Å². The first-order chi connectivity index (χ1) is 15.1. The maximum absolute atomic E-state index is 12.8. The second-order valence-corrected chi connectivity index (χ2v) is 7.67. The van der Waals surface area contributed by atoms with Gasteiger partial charge in [0.2, 0.25) is 5.91 Å². The second-order valence-electron chi connectivity index (χ2n) is 6.79. The Morgan fingerprint density at radius 2 is 1.87 bits per heavy atom. The number of ether oxygens (including phenoxy) is 2. The Labute approximate surface area is 183 Å². The molecule has 0 radical (unpaired) electrons. The van der Waals surface area contributed by atoms with Crippen LogP contribution in [0.1, 0.15) is 17.3 Å². The average Bonchev–Trinajstić information content (AvgIpc) is 3.18. The van der Waals surface area contributed by atoms with Gasteiger partial charge in [0, 0.05) is 10.9 Å². The Hall–Kier alpha value is -3.65. The zero-order valence-corrected chi connectivity index (χ0v) is 17.6. The molecule has 1 aliphatic rings. The molecular weight excluding hydrogens is 416 g/mol. The molecule has 0 unspecified atom stereocenters. The van der Waals surface area contributed by atoms with Crippen LogP contribution in [0.2, 0.25) is 0 Å². The van der Waals surface area contributed by atoms with Crippen molar-refractivity contribution in [2.75, 3.05) is 29.9 Å². The van der Waals surface area contributed by atoms with E-state index in [0.29, 0.717) is 27.6 Å². The van der Waals surface area contributed by atoms with Crippen molar-refractivity contribution in [2.45, 2.75) is 6.92 Å². The van der Waals surface area contributed by atoms with Crippen LogP contribution in [0.3, 0.4) is 0 Å². The van der Waals surface area contributed by atoms with Crippen LogP contribution in [0.15, 0.2) is 60.0 Å². The third-order valence-electron chi connectivity index (χ3n) is 4.69. The molecular formula is C23H20N2O5S. The van der Waals surface area contributed by atoms with Crippen molar-refractivity contribution in [2.24, 2.45) is 0 Å². The van der Waals surface area contributed by atoms with Crippen LogP contribution in [0, 0.1) is 0 Å². The Morgan fingerprint density at radius 1 is 1.13 bits per heavy atom. The molecule has 1 N–H and O–H groups in total. The number of nitrogens with zero attached hydrogens (tertiary/aromatic N) is 1. The Morgan fingerprint density at radius 3 is 2.65 bits per heavy atom. The standard InChI is InChI=1S/C23H20N2O5S/c1-2-29-23(28)21-16(15-8-4-3-5-9-15)14-31-22(21)24-19(26)12-25-13-20(27)30-18-11-7-6-10-17(18)25/h3-11,14H,2,12-13H2,1H3,(H,24,26). The molecule has 1 amide bonds. The van der Waals surface area contributed by atoms with Crippen LogP contribution in [0.5, 0.6) is 5.75 Å². The molecule has 0 bridgehead atoms. The Bertz CT molecular complexity index is 1130. The first-order valence-electron chi connectivity index (χ1n) is 9.75. The van der Waals surface area contributed by atoms with E-state index in [1.807, 2.05) is 41.8 Å². The molecule has 0 fully saturated rings. The maximum atomic E-state index is 12.8. The molecule has 8 heteroatoms. The number of amides is 1. The number of hydrogen-bond donors (Lipinski definition) is 1. The third kappa shape index (κ3) is 4.44. The van der Waals surface area contributed by atoms with Crippen molar-refractivity contribution >= 4 is 39.9 Å². The van der Waals surface area contributed by atoms with Crippen LogP contribution in [-0.4, -0.2) is 37.5 Å². The van der Waals surface area contributed by atoms with Gasteiger partial charge >= 0.3 is 11.9 Å². The number of fused-ring (bicyclic) bond motifs is 1. The molecule has 1 aliphatic heterocycles. The van der Waals surface area contributed by atoms with E-state index in [2.05, 4.69) is 5.32 Å². The molecule has 0 spiro atoms. The molecule has 2 aromatic carbocycles.